The van der Waals surface area contributed by atoms with Crippen molar-refractivity contribution in [3.05, 3.63) is 15.9 Å². The Morgan fingerprint density at radius 3 is 2.76 bits per heavy atom. The summed E-state index contributed by atoms with van der Waals surface area (Å²) in [6.07, 6.45) is 0.303. The molecule has 0 N–H and O–H groups in total. The highest BCUT2D eigenvalue weighted by molar-refractivity contribution is 5.56. The number of nitro groups is 1. The second-order valence-electron chi connectivity index (χ2n) is 3.94. The third-order valence-electron chi connectivity index (χ3n) is 2.83. The summed E-state index contributed by atoms with van der Waals surface area (Å²) in [5.41, 5.74) is 0. The van der Waals surface area contributed by atoms with Gasteiger partial charge in [0.15, 0.2) is 0 Å². The van der Waals surface area contributed by atoms with Gasteiger partial charge in [-0.3, -0.25) is 4.57 Å². The highest BCUT2D eigenvalue weighted by Gasteiger charge is 2.28. The molecule has 0 aliphatic rings. The van der Waals surface area contributed by atoms with E-state index in [-0.39, 0.29) is 11.9 Å². The summed E-state index contributed by atoms with van der Waals surface area (Å²) in [6, 6.07) is 1.95. The van der Waals surface area contributed by atoms with Crippen LogP contribution in [0, 0.1) is 28.4 Å². The van der Waals surface area contributed by atoms with Crippen molar-refractivity contribution in [3.63, 3.8) is 0 Å². The quantitative estimate of drug-likeness (QED) is 0.583. The molecule has 0 amide bonds. The lowest BCUT2D eigenvalue weighted by molar-refractivity contribution is -0.388. The second kappa shape index (κ2) is 4.82. The Morgan fingerprint density at radius 1 is 1.71 bits per heavy atom. The van der Waals surface area contributed by atoms with E-state index in [0.717, 1.165) is 0 Å². The zero-order valence-electron chi connectivity index (χ0n) is 10.3. The largest absolute Gasteiger partial charge is 0.406 e. The van der Waals surface area contributed by atoms with Gasteiger partial charge in [0.25, 0.3) is 0 Å². The number of aryl methyl sites for hydroxylation is 1. The average molecular weight is 237 g/mol. The Labute approximate surface area is 99.4 Å². The lowest BCUT2D eigenvalue weighted by atomic mass is 10.2. The molecule has 0 saturated carbocycles. The first-order valence-corrected chi connectivity index (χ1v) is 5.17. The number of nitriles is 1. The first-order chi connectivity index (χ1) is 7.90. The molecule has 17 heavy (non-hydrogen) atoms. The van der Waals surface area contributed by atoms with Crippen molar-refractivity contribution in [3.8, 4) is 6.07 Å². The van der Waals surface area contributed by atoms with Gasteiger partial charge in [0, 0.05) is 27.1 Å². The third-order valence-corrected chi connectivity index (χ3v) is 2.83. The average Bonchev–Trinajstić information content (AvgIpc) is 2.55. The lowest BCUT2D eigenvalue weighted by Gasteiger charge is -2.24. The van der Waals surface area contributed by atoms with Crippen molar-refractivity contribution in [1.82, 2.24) is 9.55 Å². The van der Waals surface area contributed by atoms with Gasteiger partial charge in [0.05, 0.1) is 12.5 Å². The van der Waals surface area contributed by atoms with Crippen molar-refractivity contribution in [2.75, 3.05) is 11.9 Å². The number of aromatic nitrogens is 2. The van der Waals surface area contributed by atoms with Gasteiger partial charge in [-0.05, 0) is 16.8 Å². The molecule has 7 heteroatoms. The van der Waals surface area contributed by atoms with E-state index in [4.69, 9.17) is 5.26 Å². The van der Waals surface area contributed by atoms with Gasteiger partial charge < -0.3 is 15.0 Å². The zero-order chi connectivity index (χ0) is 13.2. The fourth-order valence-corrected chi connectivity index (χ4v) is 1.58. The fourth-order valence-electron chi connectivity index (χ4n) is 1.58. The predicted octanol–water partition coefficient (Wildman–Crippen LogP) is 1.38. The number of hydrogen-bond acceptors (Lipinski definition) is 5. The van der Waals surface area contributed by atoms with E-state index in [2.05, 4.69) is 11.1 Å². The smallest absolute Gasteiger partial charge is 0.358 e. The van der Waals surface area contributed by atoms with Crippen LogP contribution in [0.1, 0.15) is 19.2 Å². The first kappa shape index (κ1) is 13.0. The van der Waals surface area contributed by atoms with Crippen molar-refractivity contribution in [2.24, 2.45) is 7.05 Å². The maximum Gasteiger partial charge on any atom is 0.406 e. The molecule has 0 aliphatic carbocycles. The van der Waals surface area contributed by atoms with E-state index in [9.17, 15) is 10.1 Å². The molecule has 1 unspecified atom stereocenters. The molecule has 7 nitrogen and oxygen atoms in total. The van der Waals surface area contributed by atoms with E-state index in [1.165, 1.54) is 0 Å². The van der Waals surface area contributed by atoms with Crippen molar-refractivity contribution >= 4 is 11.6 Å². The van der Waals surface area contributed by atoms with Gasteiger partial charge in [-0.25, -0.2) is 0 Å². The maximum absolute atomic E-state index is 10.9. The molecule has 92 valence electrons. The van der Waals surface area contributed by atoms with E-state index in [1.807, 2.05) is 6.92 Å². The number of imidazole rings is 1. The summed E-state index contributed by atoms with van der Waals surface area (Å²) in [5, 5.41) is 19.6. The molecule has 1 heterocycles. The minimum absolute atomic E-state index is 0.103. The van der Waals surface area contributed by atoms with Crippen molar-refractivity contribution in [2.45, 2.75) is 26.3 Å². The number of anilines is 1. The molecule has 0 fully saturated rings. The molecule has 0 radical (unpaired) electrons. The van der Waals surface area contributed by atoms with Crippen LogP contribution in [-0.4, -0.2) is 27.6 Å². The zero-order valence-corrected chi connectivity index (χ0v) is 10.3. The van der Waals surface area contributed by atoms with Crippen LogP contribution in [0.5, 0.6) is 0 Å². The van der Waals surface area contributed by atoms with E-state index in [1.54, 1.807) is 30.5 Å². The van der Waals surface area contributed by atoms with Crippen LogP contribution >= 0.6 is 0 Å². The summed E-state index contributed by atoms with van der Waals surface area (Å²) >= 11 is 0. The van der Waals surface area contributed by atoms with Crippen LogP contribution in [0.3, 0.4) is 0 Å². The Hall–Kier alpha value is -2.10. The van der Waals surface area contributed by atoms with Gasteiger partial charge in [-0.2, -0.15) is 5.26 Å². The van der Waals surface area contributed by atoms with Crippen LogP contribution < -0.4 is 4.90 Å². The molecule has 1 atom stereocenters. The van der Waals surface area contributed by atoms with Crippen LogP contribution in [0.2, 0.25) is 0 Å². The Morgan fingerprint density at radius 2 is 2.29 bits per heavy atom. The lowest BCUT2D eigenvalue weighted by Crippen LogP contribution is -2.30. The Bertz CT molecular complexity index is 474. The SMILES string of the molecule is Cc1nc([N+](=O)[O-])c(N(C)C(C)CC#N)n1C. The molecule has 1 aromatic rings. The Kier molecular flexibility index (Phi) is 3.68. The molecular weight excluding hydrogens is 222 g/mol. The monoisotopic (exact) mass is 237 g/mol. The minimum Gasteiger partial charge on any atom is -0.358 e. The third kappa shape index (κ3) is 2.36. The summed E-state index contributed by atoms with van der Waals surface area (Å²) < 4.78 is 1.66. The molecular formula is C10H15N5O2. The molecule has 0 aliphatic heterocycles. The van der Waals surface area contributed by atoms with Crippen molar-refractivity contribution < 1.29 is 4.92 Å². The van der Waals surface area contributed by atoms with Crippen LogP contribution in [-0.2, 0) is 7.05 Å². The van der Waals surface area contributed by atoms with Gasteiger partial charge in [-0.15, -0.1) is 0 Å². The molecule has 0 saturated heterocycles. The van der Waals surface area contributed by atoms with Crippen LogP contribution in [0.25, 0.3) is 0 Å². The number of rotatable bonds is 4. The molecule has 0 spiro atoms. The highest BCUT2D eigenvalue weighted by Crippen LogP contribution is 2.28. The summed E-state index contributed by atoms with van der Waals surface area (Å²) in [4.78, 5) is 16.0. The first-order valence-electron chi connectivity index (χ1n) is 5.17. The normalized spacial score (nSPS) is 11.9. The standard InChI is InChI=1S/C10H15N5O2/c1-7(5-6-11)13(3)10-9(15(16)17)12-8(2)14(10)4/h7H,5H2,1-4H3. The highest BCUT2D eigenvalue weighted by atomic mass is 16.6. The molecule has 0 bridgehead atoms. The topological polar surface area (TPSA) is 88.0 Å². The molecule has 1 aromatic heterocycles. The maximum atomic E-state index is 10.9. The van der Waals surface area contributed by atoms with E-state index < -0.39 is 4.92 Å². The van der Waals surface area contributed by atoms with Crippen molar-refractivity contribution in [1.29, 1.82) is 5.26 Å². The van der Waals surface area contributed by atoms with Gasteiger partial charge in [0.2, 0.25) is 11.6 Å². The van der Waals surface area contributed by atoms with Crippen LogP contribution in [0.15, 0.2) is 0 Å². The summed E-state index contributed by atoms with van der Waals surface area (Å²) in [5.74, 6) is 0.829. The second-order valence-corrected chi connectivity index (χ2v) is 3.94. The predicted molar refractivity (Wildman–Crippen MR) is 62.7 cm³/mol. The fraction of sp³-hybridized carbons (Fsp3) is 0.600. The number of nitrogens with zero attached hydrogens (tertiary/aromatic N) is 5. The van der Waals surface area contributed by atoms with Gasteiger partial charge in [0.1, 0.15) is 0 Å². The van der Waals surface area contributed by atoms with E-state index in [0.29, 0.717) is 18.1 Å². The summed E-state index contributed by atoms with van der Waals surface area (Å²) in [6.45, 7) is 3.55. The van der Waals surface area contributed by atoms with E-state index >= 15 is 0 Å². The molecule has 1 rings (SSSR count). The van der Waals surface area contributed by atoms with Gasteiger partial charge in [-0.1, -0.05) is 0 Å². The molecule has 0 aromatic carbocycles. The number of hydrogen-bond donors (Lipinski definition) is 0. The summed E-state index contributed by atoms with van der Waals surface area (Å²) in [7, 11) is 3.45. The van der Waals surface area contributed by atoms with Gasteiger partial charge >= 0.3 is 5.82 Å². The Balaban J connectivity index is 3.20. The minimum atomic E-state index is -0.502. The van der Waals surface area contributed by atoms with Crippen LogP contribution in [0.4, 0.5) is 11.6 Å².